The molecular formula is C24H30O2. The maximum atomic E-state index is 10.9. The van der Waals surface area contributed by atoms with Crippen LogP contribution in [0.1, 0.15) is 61.5 Å². The summed E-state index contributed by atoms with van der Waals surface area (Å²) < 4.78 is 0. The van der Waals surface area contributed by atoms with Crippen LogP contribution in [0, 0.1) is 11.8 Å². The van der Waals surface area contributed by atoms with Crippen molar-refractivity contribution in [3.63, 3.8) is 0 Å². The van der Waals surface area contributed by atoms with E-state index in [1.165, 1.54) is 17.5 Å². The molecule has 2 nitrogen and oxygen atoms in total. The molecule has 2 saturated carbocycles. The number of hydrogen-bond acceptors (Lipinski definition) is 2. The Morgan fingerprint density at radius 1 is 0.615 bits per heavy atom. The Hall–Kier alpha value is -1.64. The number of aliphatic hydroxyl groups excluding tert-OH is 2. The normalized spacial score (nSPS) is 35.2. The van der Waals surface area contributed by atoms with Gasteiger partial charge in [-0.15, -0.1) is 0 Å². The highest BCUT2D eigenvalue weighted by Gasteiger charge is 2.40. The minimum Gasteiger partial charge on any atom is -0.393 e. The van der Waals surface area contributed by atoms with Crippen LogP contribution in [0.3, 0.4) is 0 Å². The molecule has 138 valence electrons. The minimum atomic E-state index is -0.251. The van der Waals surface area contributed by atoms with Crippen molar-refractivity contribution < 1.29 is 10.2 Å². The monoisotopic (exact) mass is 350 g/mol. The van der Waals surface area contributed by atoms with Gasteiger partial charge in [-0.2, -0.15) is 0 Å². The summed E-state index contributed by atoms with van der Waals surface area (Å²) in [6.07, 6.45) is 5.56. The molecule has 0 heterocycles. The molecule has 2 aromatic carbocycles. The number of aliphatic hydroxyl groups is 2. The van der Waals surface area contributed by atoms with Crippen LogP contribution in [0.4, 0.5) is 0 Å². The van der Waals surface area contributed by atoms with Gasteiger partial charge in [0.05, 0.1) is 12.2 Å². The summed E-state index contributed by atoms with van der Waals surface area (Å²) in [4.78, 5) is 0. The van der Waals surface area contributed by atoms with Crippen LogP contribution in [0.15, 0.2) is 60.7 Å². The van der Waals surface area contributed by atoms with Gasteiger partial charge in [-0.25, -0.2) is 0 Å². The van der Waals surface area contributed by atoms with Gasteiger partial charge in [0.15, 0.2) is 0 Å². The van der Waals surface area contributed by atoms with Gasteiger partial charge in [-0.1, -0.05) is 60.7 Å². The van der Waals surface area contributed by atoms with E-state index in [1.54, 1.807) is 0 Å². The average molecular weight is 351 g/mol. The van der Waals surface area contributed by atoms with Crippen LogP contribution in [0.5, 0.6) is 0 Å². The third-order valence-corrected chi connectivity index (χ3v) is 6.79. The van der Waals surface area contributed by atoms with Gasteiger partial charge in [0.2, 0.25) is 0 Å². The molecule has 2 aromatic rings. The Kier molecular flexibility index (Phi) is 5.42. The Bertz CT molecular complexity index is 684. The summed E-state index contributed by atoms with van der Waals surface area (Å²) in [6, 6.07) is 21.2. The zero-order chi connectivity index (χ0) is 17.9. The van der Waals surface area contributed by atoms with Gasteiger partial charge < -0.3 is 10.2 Å². The van der Waals surface area contributed by atoms with E-state index < -0.39 is 0 Å². The number of benzene rings is 2. The third-order valence-electron chi connectivity index (χ3n) is 6.79. The Morgan fingerprint density at radius 3 is 1.85 bits per heavy atom. The fourth-order valence-electron chi connectivity index (χ4n) is 5.48. The molecule has 0 aromatic heterocycles. The first-order chi connectivity index (χ1) is 12.7. The molecule has 0 saturated heterocycles. The Morgan fingerprint density at radius 2 is 1.23 bits per heavy atom. The van der Waals surface area contributed by atoms with Crippen LogP contribution in [0.25, 0.3) is 0 Å². The Labute approximate surface area is 156 Å². The highest BCUT2D eigenvalue weighted by molar-refractivity contribution is 5.23. The van der Waals surface area contributed by atoms with Crippen molar-refractivity contribution in [1.82, 2.24) is 0 Å². The Balaban J connectivity index is 1.50. The van der Waals surface area contributed by atoms with Crippen LogP contribution >= 0.6 is 0 Å². The molecule has 2 N–H and O–H groups in total. The van der Waals surface area contributed by atoms with Gasteiger partial charge in [0.1, 0.15) is 0 Å². The predicted molar refractivity (Wildman–Crippen MR) is 105 cm³/mol. The van der Waals surface area contributed by atoms with Crippen molar-refractivity contribution in [3.05, 3.63) is 71.8 Å². The molecule has 0 spiro atoms. The van der Waals surface area contributed by atoms with E-state index >= 15 is 0 Å². The summed E-state index contributed by atoms with van der Waals surface area (Å²) in [5.74, 6) is 1.83. The maximum absolute atomic E-state index is 10.9. The van der Waals surface area contributed by atoms with Crippen molar-refractivity contribution in [3.8, 4) is 0 Å². The summed E-state index contributed by atoms with van der Waals surface area (Å²) in [7, 11) is 0. The van der Waals surface area contributed by atoms with E-state index in [4.69, 9.17) is 0 Å². The molecule has 0 aliphatic heterocycles. The lowest BCUT2D eigenvalue weighted by Gasteiger charge is -2.43. The van der Waals surface area contributed by atoms with E-state index in [-0.39, 0.29) is 18.1 Å². The standard InChI is InChI=1S/C24H30O2/c25-20-12-14-21(23(16-20)18-9-5-2-6-10-18)19-11-13-22(24(26)15-19)17-7-3-1-4-8-17/h1-10,19-26H,11-16H2. The minimum absolute atomic E-state index is 0.179. The molecule has 2 heteroatoms. The first-order valence-corrected chi connectivity index (χ1v) is 10.2. The molecule has 26 heavy (non-hydrogen) atoms. The molecule has 4 rings (SSSR count). The van der Waals surface area contributed by atoms with E-state index in [0.29, 0.717) is 17.8 Å². The highest BCUT2D eigenvalue weighted by atomic mass is 16.3. The number of rotatable bonds is 3. The van der Waals surface area contributed by atoms with Crippen molar-refractivity contribution >= 4 is 0 Å². The highest BCUT2D eigenvalue weighted by Crippen LogP contribution is 2.48. The fraction of sp³-hybridized carbons (Fsp3) is 0.500. The van der Waals surface area contributed by atoms with Gasteiger partial charge in [0, 0.05) is 5.92 Å². The lowest BCUT2D eigenvalue weighted by atomic mass is 9.63. The van der Waals surface area contributed by atoms with Crippen LogP contribution in [-0.2, 0) is 0 Å². The maximum Gasteiger partial charge on any atom is 0.0611 e. The quantitative estimate of drug-likeness (QED) is 0.828. The molecule has 6 atom stereocenters. The average Bonchev–Trinajstić information content (AvgIpc) is 2.69. The van der Waals surface area contributed by atoms with Gasteiger partial charge >= 0.3 is 0 Å². The van der Waals surface area contributed by atoms with Gasteiger partial charge in [-0.3, -0.25) is 0 Å². The predicted octanol–water partition coefficient (Wildman–Crippen LogP) is 4.88. The van der Waals surface area contributed by atoms with E-state index in [9.17, 15) is 10.2 Å². The second kappa shape index (κ2) is 7.94. The van der Waals surface area contributed by atoms with Crippen LogP contribution in [0.2, 0.25) is 0 Å². The number of hydrogen-bond donors (Lipinski definition) is 2. The van der Waals surface area contributed by atoms with E-state index in [0.717, 1.165) is 32.1 Å². The fourth-order valence-corrected chi connectivity index (χ4v) is 5.48. The molecular weight excluding hydrogens is 320 g/mol. The molecule has 2 fully saturated rings. The third kappa shape index (κ3) is 3.72. The van der Waals surface area contributed by atoms with Gasteiger partial charge in [0.25, 0.3) is 0 Å². The molecule has 0 bridgehead atoms. The lowest BCUT2D eigenvalue weighted by Crippen LogP contribution is -2.37. The second-order valence-corrected chi connectivity index (χ2v) is 8.31. The summed E-state index contributed by atoms with van der Waals surface area (Å²) >= 11 is 0. The molecule has 6 unspecified atom stereocenters. The van der Waals surface area contributed by atoms with E-state index in [2.05, 4.69) is 54.6 Å². The molecule has 0 amide bonds. The largest absolute Gasteiger partial charge is 0.393 e. The summed E-state index contributed by atoms with van der Waals surface area (Å²) in [6.45, 7) is 0. The smallest absolute Gasteiger partial charge is 0.0611 e. The summed E-state index contributed by atoms with van der Waals surface area (Å²) in [5.41, 5.74) is 2.63. The zero-order valence-electron chi connectivity index (χ0n) is 15.4. The topological polar surface area (TPSA) is 40.5 Å². The van der Waals surface area contributed by atoms with Gasteiger partial charge in [-0.05, 0) is 67.4 Å². The first kappa shape index (κ1) is 17.8. The van der Waals surface area contributed by atoms with Crippen molar-refractivity contribution in [1.29, 1.82) is 0 Å². The van der Waals surface area contributed by atoms with Crippen molar-refractivity contribution in [2.45, 2.75) is 62.6 Å². The molecule has 0 radical (unpaired) electrons. The molecule has 2 aliphatic rings. The summed E-state index contributed by atoms with van der Waals surface area (Å²) in [5, 5.41) is 21.1. The van der Waals surface area contributed by atoms with E-state index in [1.807, 2.05) is 6.07 Å². The van der Waals surface area contributed by atoms with Crippen LogP contribution < -0.4 is 0 Å². The SMILES string of the molecule is OC1CCC(C2CCC(c3ccccc3)C(O)C2)C(c2ccccc2)C1. The first-order valence-electron chi connectivity index (χ1n) is 10.2. The van der Waals surface area contributed by atoms with Crippen LogP contribution in [-0.4, -0.2) is 22.4 Å². The zero-order valence-corrected chi connectivity index (χ0v) is 15.4. The van der Waals surface area contributed by atoms with Crippen molar-refractivity contribution in [2.24, 2.45) is 11.8 Å². The second-order valence-electron chi connectivity index (χ2n) is 8.31. The lowest BCUT2D eigenvalue weighted by molar-refractivity contribution is 0.0230. The molecule has 2 aliphatic carbocycles. The van der Waals surface area contributed by atoms with Crippen molar-refractivity contribution in [2.75, 3.05) is 0 Å².